The summed E-state index contributed by atoms with van der Waals surface area (Å²) in [7, 11) is 2.15. The molecule has 1 fully saturated rings. The van der Waals surface area contributed by atoms with E-state index in [-0.39, 0.29) is 0 Å². The molecule has 1 aliphatic rings. The minimum atomic E-state index is 0.780. The Morgan fingerprint density at radius 2 is 1.92 bits per heavy atom. The van der Waals surface area contributed by atoms with Crippen molar-refractivity contribution < 1.29 is 0 Å². The molecule has 24 heavy (non-hydrogen) atoms. The number of aromatic nitrogens is 2. The fraction of sp³-hybridized carbons (Fsp3) is 0.444. The summed E-state index contributed by atoms with van der Waals surface area (Å²) in [5.74, 6) is 1.71. The summed E-state index contributed by atoms with van der Waals surface area (Å²) < 4.78 is 0. The number of nitrogens with one attached hydrogen (secondary N) is 1. The van der Waals surface area contributed by atoms with E-state index in [1.165, 1.54) is 5.56 Å². The Balaban J connectivity index is 1.61. The van der Waals surface area contributed by atoms with Crippen molar-refractivity contribution in [1.82, 2.24) is 14.9 Å². The number of nitrogens with zero attached hydrogens (tertiary/aromatic N) is 4. The van der Waals surface area contributed by atoms with Crippen LogP contribution in [0.5, 0.6) is 0 Å². The molecule has 0 amide bonds. The third kappa shape index (κ3) is 4.58. The number of halogens is 1. The second-order valence-corrected chi connectivity index (χ2v) is 6.73. The van der Waals surface area contributed by atoms with Gasteiger partial charge >= 0.3 is 0 Å². The summed E-state index contributed by atoms with van der Waals surface area (Å²) in [5.41, 5.74) is 2.21. The second kappa shape index (κ2) is 7.81. The first-order valence-corrected chi connectivity index (χ1v) is 8.75. The zero-order valence-corrected chi connectivity index (χ0v) is 15.1. The Morgan fingerprint density at radius 1 is 1.12 bits per heavy atom. The van der Waals surface area contributed by atoms with E-state index in [4.69, 9.17) is 16.6 Å². The van der Waals surface area contributed by atoms with Crippen molar-refractivity contribution in [3.05, 3.63) is 46.6 Å². The van der Waals surface area contributed by atoms with Crippen molar-refractivity contribution >= 4 is 23.4 Å². The van der Waals surface area contributed by atoms with Crippen molar-refractivity contribution in [3.8, 4) is 0 Å². The predicted octanol–water partition coefficient (Wildman–Crippen LogP) is 2.84. The van der Waals surface area contributed by atoms with Gasteiger partial charge in [0, 0.05) is 49.5 Å². The topological polar surface area (TPSA) is 44.3 Å². The zero-order chi connectivity index (χ0) is 16.9. The lowest BCUT2D eigenvalue weighted by molar-refractivity contribution is 0.311. The van der Waals surface area contributed by atoms with Gasteiger partial charge in [0.25, 0.3) is 0 Å². The molecule has 0 aliphatic carbocycles. The van der Waals surface area contributed by atoms with E-state index in [2.05, 4.69) is 33.2 Å². The lowest BCUT2D eigenvalue weighted by atomic mass is 10.1. The zero-order valence-electron chi connectivity index (χ0n) is 14.3. The monoisotopic (exact) mass is 345 g/mol. The molecule has 0 atom stereocenters. The molecule has 2 aromatic rings. The molecule has 2 heterocycles. The standard InChI is InChI=1S/C18H24ClN5/c1-14-12-17(20-7-6-15-4-3-5-16(19)13-15)22-18(21-14)24-10-8-23(2)9-11-24/h3-5,12-13H,6-11H2,1-2H3,(H,20,21,22). The predicted molar refractivity (Wildman–Crippen MR) is 100 cm³/mol. The van der Waals surface area contributed by atoms with Crippen molar-refractivity contribution in [2.75, 3.05) is 50.0 Å². The van der Waals surface area contributed by atoms with Gasteiger partial charge in [0.15, 0.2) is 0 Å². The third-order valence-electron chi connectivity index (χ3n) is 4.24. The van der Waals surface area contributed by atoms with Gasteiger partial charge in [-0.05, 0) is 38.1 Å². The molecule has 1 aromatic carbocycles. The number of likely N-dealkylation sites (N-methyl/N-ethyl adjacent to an activating group) is 1. The number of hydrogen-bond acceptors (Lipinski definition) is 5. The Labute approximate surface area is 148 Å². The highest BCUT2D eigenvalue weighted by atomic mass is 35.5. The van der Waals surface area contributed by atoms with E-state index in [0.29, 0.717) is 0 Å². The average molecular weight is 346 g/mol. The molecule has 1 saturated heterocycles. The first-order valence-electron chi connectivity index (χ1n) is 8.37. The Hall–Kier alpha value is -1.85. The van der Waals surface area contributed by atoms with E-state index in [1.54, 1.807) is 0 Å². The Bertz CT molecular complexity index is 683. The highest BCUT2D eigenvalue weighted by Gasteiger charge is 2.17. The SMILES string of the molecule is Cc1cc(NCCc2cccc(Cl)c2)nc(N2CCN(C)CC2)n1. The van der Waals surface area contributed by atoms with Crippen LogP contribution in [0.2, 0.25) is 5.02 Å². The van der Waals surface area contributed by atoms with Crippen molar-refractivity contribution in [3.63, 3.8) is 0 Å². The fourth-order valence-electron chi connectivity index (χ4n) is 2.82. The van der Waals surface area contributed by atoms with Gasteiger partial charge in [-0.1, -0.05) is 23.7 Å². The molecule has 0 radical (unpaired) electrons. The van der Waals surface area contributed by atoms with Crippen LogP contribution in [0.3, 0.4) is 0 Å². The molecule has 5 nitrogen and oxygen atoms in total. The van der Waals surface area contributed by atoms with Crippen LogP contribution in [0.1, 0.15) is 11.3 Å². The lowest BCUT2D eigenvalue weighted by Gasteiger charge is -2.32. The van der Waals surface area contributed by atoms with Gasteiger partial charge in [-0.2, -0.15) is 4.98 Å². The maximum absolute atomic E-state index is 6.03. The normalized spacial score (nSPS) is 15.5. The molecular formula is C18H24ClN5. The molecule has 1 aromatic heterocycles. The summed E-state index contributed by atoms with van der Waals surface area (Å²) >= 11 is 6.03. The third-order valence-corrected chi connectivity index (χ3v) is 4.47. The second-order valence-electron chi connectivity index (χ2n) is 6.29. The number of rotatable bonds is 5. The van der Waals surface area contributed by atoms with Crippen LogP contribution in [0.25, 0.3) is 0 Å². The van der Waals surface area contributed by atoms with Crippen LogP contribution in [0, 0.1) is 6.92 Å². The molecule has 0 saturated carbocycles. The highest BCUT2D eigenvalue weighted by molar-refractivity contribution is 6.30. The maximum atomic E-state index is 6.03. The minimum Gasteiger partial charge on any atom is -0.370 e. The highest BCUT2D eigenvalue weighted by Crippen LogP contribution is 2.16. The van der Waals surface area contributed by atoms with E-state index in [0.717, 1.165) is 61.6 Å². The van der Waals surface area contributed by atoms with E-state index >= 15 is 0 Å². The number of hydrogen-bond donors (Lipinski definition) is 1. The largest absolute Gasteiger partial charge is 0.370 e. The first-order chi connectivity index (χ1) is 11.6. The minimum absolute atomic E-state index is 0.780. The summed E-state index contributed by atoms with van der Waals surface area (Å²) in [5, 5.41) is 4.19. The van der Waals surface area contributed by atoms with Gasteiger partial charge in [-0.3, -0.25) is 0 Å². The van der Waals surface area contributed by atoms with Crippen LogP contribution < -0.4 is 10.2 Å². The summed E-state index contributed by atoms with van der Waals surface area (Å²) in [6.45, 7) is 6.88. The molecule has 1 N–H and O–H groups in total. The Morgan fingerprint density at radius 3 is 2.67 bits per heavy atom. The van der Waals surface area contributed by atoms with Gasteiger partial charge in [0.05, 0.1) is 0 Å². The van der Waals surface area contributed by atoms with Gasteiger partial charge in [0.2, 0.25) is 5.95 Å². The number of benzene rings is 1. The Kier molecular flexibility index (Phi) is 5.53. The van der Waals surface area contributed by atoms with Crippen LogP contribution in [0.15, 0.2) is 30.3 Å². The first kappa shape index (κ1) is 17.0. The van der Waals surface area contributed by atoms with Crippen molar-refractivity contribution in [2.24, 2.45) is 0 Å². The molecule has 3 rings (SSSR count). The van der Waals surface area contributed by atoms with Gasteiger partial charge in [-0.25, -0.2) is 4.98 Å². The summed E-state index contributed by atoms with van der Waals surface area (Å²) in [4.78, 5) is 13.9. The van der Waals surface area contributed by atoms with Crippen LogP contribution in [-0.2, 0) is 6.42 Å². The van der Waals surface area contributed by atoms with Gasteiger partial charge < -0.3 is 15.1 Å². The summed E-state index contributed by atoms with van der Waals surface area (Å²) in [6, 6.07) is 9.97. The van der Waals surface area contributed by atoms with E-state index in [9.17, 15) is 0 Å². The number of piperazine rings is 1. The van der Waals surface area contributed by atoms with Crippen LogP contribution >= 0.6 is 11.6 Å². The molecule has 0 spiro atoms. The van der Waals surface area contributed by atoms with Crippen molar-refractivity contribution in [2.45, 2.75) is 13.3 Å². The molecule has 0 unspecified atom stereocenters. The smallest absolute Gasteiger partial charge is 0.227 e. The van der Waals surface area contributed by atoms with E-state index in [1.807, 2.05) is 31.2 Å². The van der Waals surface area contributed by atoms with Crippen LogP contribution in [0.4, 0.5) is 11.8 Å². The molecular weight excluding hydrogens is 322 g/mol. The van der Waals surface area contributed by atoms with Crippen molar-refractivity contribution in [1.29, 1.82) is 0 Å². The fourth-order valence-corrected chi connectivity index (χ4v) is 3.03. The van der Waals surface area contributed by atoms with Crippen LogP contribution in [-0.4, -0.2) is 54.6 Å². The lowest BCUT2D eigenvalue weighted by Crippen LogP contribution is -2.45. The van der Waals surface area contributed by atoms with Gasteiger partial charge in [0.1, 0.15) is 5.82 Å². The quantitative estimate of drug-likeness (QED) is 0.902. The summed E-state index contributed by atoms with van der Waals surface area (Å²) in [6.07, 6.45) is 0.910. The maximum Gasteiger partial charge on any atom is 0.227 e. The molecule has 6 heteroatoms. The number of anilines is 2. The number of aryl methyl sites for hydroxylation is 1. The molecule has 128 valence electrons. The van der Waals surface area contributed by atoms with E-state index < -0.39 is 0 Å². The molecule has 0 bridgehead atoms. The molecule has 1 aliphatic heterocycles. The van der Waals surface area contributed by atoms with Gasteiger partial charge in [-0.15, -0.1) is 0 Å². The average Bonchev–Trinajstić information content (AvgIpc) is 2.55.